The molecule has 7 aromatic rings. The van der Waals surface area contributed by atoms with Gasteiger partial charge in [0.05, 0.1) is 11.0 Å². The average molecular weight is 605 g/mol. The van der Waals surface area contributed by atoms with Crippen LogP contribution in [-0.4, -0.2) is 4.57 Å². The normalized spacial score (nSPS) is 14.6. The molecule has 0 unspecified atom stereocenters. The van der Waals surface area contributed by atoms with Gasteiger partial charge in [-0.1, -0.05) is 111 Å². The average Bonchev–Trinajstić information content (AvgIpc) is 3.58. The molecule has 0 atom stereocenters. The third-order valence-electron chi connectivity index (χ3n) is 10.3. The molecule has 0 radical (unpaired) electrons. The van der Waals surface area contributed by atoms with Gasteiger partial charge in [-0.3, -0.25) is 0 Å². The number of allylic oxidation sites excluding steroid dienone is 4. The summed E-state index contributed by atoms with van der Waals surface area (Å²) in [6.45, 7) is 4.72. The van der Waals surface area contributed by atoms with Gasteiger partial charge in [0.2, 0.25) is 0 Å². The van der Waals surface area contributed by atoms with Crippen molar-refractivity contribution in [3.05, 3.63) is 175 Å². The molecular weight excluding hydrogens is 569 g/mol. The van der Waals surface area contributed by atoms with Gasteiger partial charge in [0.1, 0.15) is 0 Å². The fourth-order valence-corrected chi connectivity index (χ4v) is 7.90. The Bertz CT molecular complexity index is 2370. The van der Waals surface area contributed by atoms with Crippen LogP contribution in [0.3, 0.4) is 0 Å². The van der Waals surface area contributed by atoms with E-state index >= 15 is 0 Å². The lowest BCUT2D eigenvalue weighted by atomic mass is 9.82. The number of benzene rings is 6. The van der Waals surface area contributed by atoms with Crippen molar-refractivity contribution in [2.45, 2.75) is 32.1 Å². The summed E-state index contributed by atoms with van der Waals surface area (Å²) < 4.78 is 2.37. The number of anilines is 2. The lowest BCUT2D eigenvalue weighted by molar-refractivity contribution is 0.660. The Morgan fingerprint density at radius 1 is 0.574 bits per heavy atom. The lowest BCUT2D eigenvalue weighted by Crippen LogP contribution is -2.19. The number of fused-ring (bicyclic) bond motifs is 6. The number of para-hydroxylation sites is 2. The second-order valence-electron chi connectivity index (χ2n) is 13.3. The highest BCUT2D eigenvalue weighted by Crippen LogP contribution is 2.50. The molecule has 47 heavy (non-hydrogen) atoms. The van der Waals surface area contributed by atoms with E-state index in [9.17, 15) is 0 Å². The highest BCUT2D eigenvalue weighted by atomic mass is 15.1. The van der Waals surface area contributed by atoms with Crippen molar-refractivity contribution in [3.63, 3.8) is 0 Å². The van der Waals surface area contributed by atoms with Crippen LogP contribution in [0.25, 0.3) is 49.7 Å². The summed E-state index contributed by atoms with van der Waals surface area (Å²) in [5, 5.41) is 2.54. The third kappa shape index (κ3) is 4.40. The van der Waals surface area contributed by atoms with Gasteiger partial charge in [0, 0.05) is 38.9 Å². The van der Waals surface area contributed by atoms with Gasteiger partial charge in [0.15, 0.2) is 0 Å². The predicted octanol–water partition coefficient (Wildman–Crippen LogP) is 12.1. The van der Waals surface area contributed by atoms with Gasteiger partial charge in [0.25, 0.3) is 0 Å². The summed E-state index contributed by atoms with van der Waals surface area (Å²) in [7, 11) is 0. The van der Waals surface area contributed by atoms with Crippen molar-refractivity contribution >= 4 is 33.2 Å². The molecule has 0 fully saturated rings. The summed E-state index contributed by atoms with van der Waals surface area (Å²) >= 11 is 0. The maximum atomic E-state index is 2.46. The van der Waals surface area contributed by atoms with Crippen LogP contribution < -0.4 is 4.90 Å². The summed E-state index contributed by atoms with van der Waals surface area (Å²) in [6.07, 6.45) is 8.81. The molecule has 226 valence electrons. The number of rotatable bonds is 5. The molecule has 2 aliphatic carbocycles. The van der Waals surface area contributed by atoms with Crippen molar-refractivity contribution < 1.29 is 0 Å². The SMILES string of the molecule is CC1(C)c2ccccc2-c2ccc(N(C3=CC=CCC3)c3ccc(-c4ccc5c(c4)c4ccccc4n5-c4ccccc4)cc3)cc21. The predicted molar refractivity (Wildman–Crippen MR) is 199 cm³/mol. The zero-order chi connectivity index (χ0) is 31.5. The van der Waals surface area contributed by atoms with Crippen molar-refractivity contribution in [1.29, 1.82) is 0 Å². The Morgan fingerprint density at radius 3 is 2.11 bits per heavy atom. The molecule has 2 heteroatoms. The van der Waals surface area contributed by atoms with Crippen LogP contribution in [0.2, 0.25) is 0 Å². The van der Waals surface area contributed by atoms with E-state index in [2.05, 4.69) is 181 Å². The molecule has 0 saturated heterocycles. The summed E-state index contributed by atoms with van der Waals surface area (Å²) in [5.74, 6) is 0. The van der Waals surface area contributed by atoms with Crippen LogP contribution in [0.1, 0.15) is 37.8 Å². The Hall–Kier alpha value is -5.60. The van der Waals surface area contributed by atoms with Gasteiger partial charge in [-0.05, 0) is 107 Å². The van der Waals surface area contributed by atoms with Gasteiger partial charge >= 0.3 is 0 Å². The standard InChI is InChI=1S/C45H36N2/c1-45(2)41-19-11-9-17-37(41)38-27-26-36(30-42(38)45)46(33-13-5-3-6-14-33)35-24-21-31(22-25-35)32-23-28-44-40(29-32)39-18-10-12-20-43(39)47(44)34-15-7-4-8-16-34/h3-5,7-13,15-30H,6,14H2,1-2H3. The van der Waals surface area contributed by atoms with Gasteiger partial charge in [-0.15, -0.1) is 0 Å². The molecule has 0 N–H and O–H groups in total. The number of aromatic nitrogens is 1. The van der Waals surface area contributed by atoms with Gasteiger partial charge in [-0.2, -0.15) is 0 Å². The first-order valence-electron chi connectivity index (χ1n) is 16.7. The molecule has 1 aromatic heterocycles. The zero-order valence-corrected chi connectivity index (χ0v) is 26.8. The second-order valence-corrected chi connectivity index (χ2v) is 13.3. The van der Waals surface area contributed by atoms with Gasteiger partial charge in [-0.25, -0.2) is 0 Å². The summed E-state index contributed by atoms with van der Waals surface area (Å²) in [4.78, 5) is 2.46. The highest BCUT2D eigenvalue weighted by Gasteiger charge is 2.35. The van der Waals surface area contributed by atoms with Crippen molar-refractivity contribution in [3.8, 4) is 27.9 Å². The van der Waals surface area contributed by atoms with Crippen LogP contribution in [0, 0.1) is 0 Å². The minimum atomic E-state index is -0.0411. The van der Waals surface area contributed by atoms with Crippen LogP contribution in [0.15, 0.2) is 163 Å². The van der Waals surface area contributed by atoms with E-state index in [-0.39, 0.29) is 5.41 Å². The fraction of sp³-hybridized carbons (Fsp3) is 0.111. The summed E-state index contributed by atoms with van der Waals surface area (Å²) in [5.41, 5.74) is 15.3. The second kappa shape index (κ2) is 10.7. The fourth-order valence-electron chi connectivity index (χ4n) is 7.90. The first-order valence-corrected chi connectivity index (χ1v) is 16.7. The van der Waals surface area contributed by atoms with Crippen LogP contribution in [0.5, 0.6) is 0 Å². The Morgan fingerprint density at radius 2 is 1.28 bits per heavy atom. The van der Waals surface area contributed by atoms with E-state index in [4.69, 9.17) is 0 Å². The van der Waals surface area contributed by atoms with Crippen molar-refractivity contribution in [2.24, 2.45) is 0 Å². The largest absolute Gasteiger partial charge is 0.314 e. The number of hydrogen-bond acceptors (Lipinski definition) is 1. The zero-order valence-electron chi connectivity index (χ0n) is 26.8. The first-order chi connectivity index (χ1) is 23.1. The van der Waals surface area contributed by atoms with E-state index in [0.29, 0.717) is 0 Å². The Labute approximate surface area is 276 Å². The van der Waals surface area contributed by atoms with Crippen LogP contribution in [-0.2, 0) is 5.41 Å². The van der Waals surface area contributed by atoms with E-state index < -0.39 is 0 Å². The minimum absolute atomic E-state index is 0.0411. The van der Waals surface area contributed by atoms with E-state index in [1.54, 1.807) is 0 Å². The molecule has 6 aromatic carbocycles. The molecular formula is C45H36N2. The number of hydrogen-bond donors (Lipinski definition) is 0. The lowest BCUT2D eigenvalue weighted by Gasteiger charge is -2.30. The Balaban J connectivity index is 1.12. The minimum Gasteiger partial charge on any atom is -0.314 e. The molecule has 0 saturated carbocycles. The smallest absolute Gasteiger partial charge is 0.0541 e. The van der Waals surface area contributed by atoms with Crippen LogP contribution in [0.4, 0.5) is 11.4 Å². The molecule has 0 bridgehead atoms. The molecule has 1 heterocycles. The maximum Gasteiger partial charge on any atom is 0.0541 e. The number of nitrogens with zero attached hydrogens (tertiary/aromatic N) is 2. The molecule has 9 rings (SSSR count). The quantitative estimate of drug-likeness (QED) is 0.190. The van der Waals surface area contributed by atoms with Crippen molar-refractivity contribution in [1.82, 2.24) is 4.57 Å². The third-order valence-corrected chi connectivity index (χ3v) is 10.3. The van der Waals surface area contributed by atoms with E-state index in [1.165, 1.54) is 77.9 Å². The summed E-state index contributed by atoms with van der Waals surface area (Å²) in [6, 6.07) is 51.4. The van der Waals surface area contributed by atoms with Gasteiger partial charge < -0.3 is 9.47 Å². The van der Waals surface area contributed by atoms with Crippen molar-refractivity contribution in [2.75, 3.05) is 4.90 Å². The molecule has 2 aliphatic rings. The Kier molecular flexibility index (Phi) is 6.33. The molecule has 0 spiro atoms. The molecule has 0 amide bonds. The van der Waals surface area contributed by atoms with E-state index in [1.807, 2.05) is 0 Å². The van der Waals surface area contributed by atoms with Crippen LogP contribution >= 0.6 is 0 Å². The monoisotopic (exact) mass is 604 g/mol. The van der Waals surface area contributed by atoms with E-state index in [0.717, 1.165) is 12.8 Å². The molecule has 2 nitrogen and oxygen atoms in total. The maximum absolute atomic E-state index is 2.46. The molecule has 0 aliphatic heterocycles. The first kappa shape index (κ1) is 27.7. The topological polar surface area (TPSA) is 8.17 Å². The highest BCUT2D eigenvalue weighted by molar-refractivity contribution is 6.10.